The second kappa shape index (κ2) is 6.47. The first kappa shape index (κ1) is 15.2. The van der Waals surface area contributed by atoms with Crippen LogP contribution in [0.2, 0.25) is 0 Å². The molecule has 2 rings (SSSR count). The highest BCUT2D eigenvalue weighted by Crippen LogP contribution is 2.11. The number of aromatic nitrogens is 2. The van der Waals surface area contributed by atoms with E-state index in [1.165, 1.54) is 18.2 Å². The maximum atomic E-state index is 13.1. The molecule has 0 radical (unpaired) electrons. The van der Waals surface area contributed by atoms with Crippen LogP contribution in [0, 0.1) is 11.6 Å². The highest BCUT2D eigenvalue weighted by Gasteiger charge is 2.05. The normalized spacial score (nSPS) is 10.9. The van der Waals surface area contributed by atoms with Crippen LogP contribution in [0.15, 0.2) is 29.1 Å². The molecule has 0 fully saturated rings. The van der Waals surface area contributed by atoms with Crippen molar-refractivity contribution >= 4 is 5.82 Å². The first-order valence-electron chi connectivity index (χ1n) is 6.74. The van der Waals surface area contributed by atoms with Gasteiger partial charge in [-0.1, -0.05) is 13.8 Å². The van der Waals surface area contributed by atoms with Gasteiger partial charge in [0.05, 0.1) is 0 Å². The van der Waals surface area contributed by atoms with Gasteiger partial charge in [-0.2, -0.15) is 0 Å². The summed E-state index contributed by atoms with van der Waals surface area (Å²) < 4.78 is 26.1. The average molecular weight is 293 g/mol. The molecule has 0 atom stereocenters. The van der Waals surface area contributed by atoms with Gasteiger partial charge in [-0.05, 0) is 24.1 Å². The molecule has 0 aliphatic carbocycles. The van der Waals surface area contributed by atoms with Crippen molar-refractivity contribution in [2.75, 3.05) is 11.9 Å². The van der Waals surface area contributed by atoms with Crippen LogP contribution in [0.1, 0.15) is 31.2 Å². The minimum Gasteiger partial charge on any atom is -0.370 e. The van der Waals surface area contributed by atoms with E-state index in [1.807, 2.05) is 13.8 Å². The number of hydrogen-bond donors (Lipinski definition) is 2. The van der Waals surface area contributed by atoms with E-state index < -0.39 is 11.6 Å². The fourth-order valence-corrected chi connectivity index (χ4v) is 1.93. The van der Waals surface area contributed by atoms with E-state index in [9.17, 15) is 13.6 Å². The van der Waals surface area contributed by atoms with Gasteiger partial charge in [-0.25, -0.2) is 13.8 Å². The topological polar surface area (TPSA) is 57.8 Å². The highest BCUT2D eigenvalue weighted by molar-refractivity contribution is 5.33. The SMILES string of the molecule is CC(C)c1nc(NCCc2cc(F)cc(F)c2)cc(=O)[nH]1. The van der Waals surface area contributed by atoms with Crippen LogP contribution in [-0.2, 0) is 6.42 Å². The summed E-state index contributed by atoms with van der Waals surface area (Å²) in [6.07, 6.45) is 0.431. The molecule has 0 unspecified atom stereocenters. The Morgan fingerprint density at radius 1 is 1.19 bits per heavy atom. The summed E-state index contributed by atoms with van der Waals surface area (Å²) in [5.74, 6) is -0.0272. The van der Waals surface area contributed by atoms with E-state index >= 15 is 0 Å². The second-order valence-electron chi connectivity index (χ2n) is 5.13. The van der Waals surface area contributed by atoms with Crippen molar-refractivity contribution in [2.45, 2.75) is 26.2 Å². The molecule has 21 heavy (non-hydrogen) atoms. The van der Waals surface area contributed by atoms with Gasteiger partial charge in [-0.3, -0.25) is 4.79 Å². The number of benzene rings is 1. The van der Waals surface area contributed by atoms with Gasteiger partial charge in [0.25, 0.3) is 5.56 Å². The third-order valence-corrected chi connectivity index (χ3v) is 2.95. The molecule has 112 valence electrons. The fraction of sp³-hybridized carbons (Fsp3) is 0.333. The molecule has 0 saturated heterocycles. The van der Waals surface area contributed by atoms with E-state index in [0.717, 1.165) is 6.07 Å². The van der Waals surface area contributed by atoms with Crippen LogP contribution in [0.25, 0.3) is 0 Å². The molecule has 0 aliphatic rings. The molecule has 1 heterocycles. The van der Waals surface area contributed by atoms with Crippen molar-refractivity contribution in [3.63, 3.8) is 0 Å². The minimum absolute atomic E-state index is 0.108. The van der Waals surface area contributed by atoms with Crippen molar-refractivity contribution in [1.82, 2.24) is 9.97 Å². The van der Waals surface area contributed by atoms with Crippen LogP contribution < -0.4 is 10.9 Å². The van der Waals surface area contributed by atoms with E-state index in [-0.39, 0.29) is 11.5 Å². The molecule has 2 N–H and O–H groups in total. The maximum Gasteiger partial charge on any atom is 0.252 e. The first-order valence-corrected chi connectivity index (χ1v) is 6.74. The van der Waals surface area contributed by atoms with Gasteiger partial charge in [0.1, 0.15) is 23.3 Å². The van der Waals surface area contributed by atoms with Crippen molar-refractivity contribution in [2.24, 2.45) is 0 Å². The van der Waals surface area contributed by atoms with E-state index in [0.29, 0.717) is 30.2 Å². The second-order valence-corrected chi connectivity index (χ2v) is 5.13. The Morgan fingerprint density at radius 3 is 2.48 bits per heavy atom. The summed E-state index contributed by atoms with van der Waals surface area (Å²) >= 11 is 0. The molecule has 0 bridgehead atoms. The lowest BCUT2D eigenvalue weighted by Gasteiger charge is -2.09. The lowest BCUT2D eigenvalue weighted by Crippen LogP contribution is -2.15. The smallest absolute Gasteiger partial charge is 0.252 e. The number of anilines is 1. The molecule has 6 heteroatoms. The predicted molar refractivity (Wildman–Crippen MR) is 77.5 cm³/mol. The Bertz CT molecular complexity index is 663. The number of nitrogens with zero attached hydrogens (tertiary/aromatic N) is 1. The van der Waals surface area contributed by atoms with Crippen molar-refractivity contribution in [3.8, 4) is 0 Å². The lowest BCUT2D eigenvalue weighted by atomic mass is 10.1. The van der Waals surface area contributed by atoms with Gasteiger partial charge in [-0.15, -0.1) is 0 Å². The Labute approximate surface area is 121 Å². The number of hydrogen-bond acceptors (Lipinski definition) is 3. The lowest BCUT2D eigenvalue weighted by molar-refractivity contribution is 0.580. The quantitative estimate of drug-likeness (QED) is 0.891. The Hall–Kier alpha value is -2.24. The van der Waals surface area contributed by atoms with Crippen molar-refractivity contribution in [3.05, 3.63) is 57.6 Å². The molecule has 0 amide bonds. The van der Waals surface area contributed by atoms with Gasteiger partial charge in [0.2, 0.25) is 0 Å². The van der Waals surface area contributed by atoms with E-state index in [1.54, 1.807) is 0 Å². The summed E-state index contributed by atoms with van der Waals surface area (Å²) in [6.45, 7) is 4.28. The molecule has 1 aromatic heterocycles. The molecule has 4 nitrogen and oxygen atoms in total. The van der Waals surface area contributed by atoms with Gasteiger partial charge in [0.15, 0.2) is 0 Å². The van der Waals surface area contributed by atoms with Gasteiger partial charge < -0.3 is 10.3 Å². The molecule has 0 saturated carbocycles. The minimum atomic E-state index is -0.596. The zero-order chi connectivity index (χ0) is 15.4. The monoisotopic (exact) mass is 293 g/mol. The number of aromatic amines is 1. The van der Waals surface area contributed by atoms with Crippen LogP contribution >= 0.6 is 0 Å². The third-order valence-electron chi connectivity index (χ3n) is 2.95. The fourth-order valence-electron chi connectivity index (χ4n) is 1.93. The molecule has 2 aromatic rings. The van der Waals surface area contributed by atoms with Crippen LogP contribution in [-0.4, -0.2) is 16.5 Å². The highest BCUT2D eigenvalue weighted by atomic mass is 19.1. The van der Waals surface area contributed by atoms with Crippen LogP contribution in [0.4, 0.5) is 14.6 Å². The van der Waals surface area contributed by atoms with E-state index in [2.05, 4.69) is 15.3 Å². The van der Waals surface area contributed by atoms with Crippen molar-refractivity contribution < 1.29 is 8.78 Å². The summed E-state index contributed by atoms with van der Waals surface area (Å²) in [6, 6.07) is 4.77. The number of rotatable bonds is 5. The Morgan fingerprint density at radius 2 is 1.86 bits per heavy atom. The molecule has 1 aromatic carbocycles. The van der Waals surface area contributed by atoms with Gasteiger partial charge in [0, 0.05) is 24.6 Å². The maximum absolute atomic E-state index is 13.1. The Kier molecular flexibility index (Phi) is 4.67. The zero-order valence-corrected chi connectivity index (χ0v) is 11.9. The number of nitrogens with one attached hydrogen (secondary N) is 2. The molecule has 0 spiro atoms. The summed E-state index contributed by atoms with van der Waals surface area (Å²) in [7, 11) is 0. The molecular weight excluding hydrogens is 276 g/mol. The van der Waals surface area contributed by atoms with Crippen molar-refractivity contribution in [1.29, 1.82) is 0 Å². The molecular formula is C15H17F2N3O. The number of H-pyrrole nitrogens is 1. The first-order chi connectivity index (χ1) is 9.94. The number of halogens is 2. The van der Waals surface area contributed by atoms with E-state index in [4.69, 9.17) is 0 Å². The van der Waals surface area contributed by atoms with Crippen LogP contribution in [0.3, 0.4) is 0 Å². The van der Waals surface area contributed by atoms with Gasteiger partial charge >= 0.3 is 0 Å². The average Bonchev–Trinajstić information content (AvgIpc) is 2.36. The largest absolute Gasteiger partial charge is 0.370 e. The zero-order valence-electron chi connectivity index (χ0n) is 11.9. The summed E-state index contributed by atoms with van der Waals surface area (Å²) in [5.41, 5.74) is 0.321. The predicted octanol–water partition coefficient (Wildman–Crippen LogP) is 2.83. The molecule has 0 aliphatic heterocycles. The standard InChI is InChI=1S/C15H17F2N3O/c1-9(2)15-19-13(8-14(21)20-15)18-4-3-10-5-11(16)7-12(17)6-10/h5-9H,3-4H2,1-2H3,(H2,18,19,20,21). The third kappa shape index (κ3) is 4.37. The Balaban J connectivity index is 2.01. The summed E-state index contributed by atoms with van der Waals surface area (Å²) in [5, 5.41) is 2.99. The summed E-state index contributed by atoms with van der Waals surface area (Å²) in [4.78, 5) is 18.5. The van der Waals surface area contributed by atoms with Crippen LogP contribution in [0.5, 0.6) is 0 Å².